The molecule has 0 radical (unpaired) electrons. The second-order valence-electron chi connectivity index (χ2n) is 5.60. The van der Waals surface area contributed by atoms with Gasteiger partial charge in [-0.1, -0.05) is 0 Å². The molecule has 0 aromatic heterocycles. The van der Waals surface area contributed by atoms with Crippen LogP contribution in [-0.2, 0) is 23.9 Å². The lowest BCUT2D eigenvalue weighted by Gasteiger charge is -2.23. The minimum Gasteiger partial charge on any atom is -0.467 e. The van der Waals surface area contributed by atoms with Gasteiger partial charge in [0, 0.05) is 18.6 Å². The van der Waals surface area contributed by atoms with Gasteiger partial charge >= 0.3 is 12.1 Å². The second kappa shape index (κ2) is 7.48. The fourth-order valence-corrected chi connectivity index (χ4v) is 2.60. The van der Waals surface area contributed by atoms with Gasteiger partial charge in [0.1, 0.15) is 11.6 Å². The predicted molar refractivity (Wildman–Crippen MR) is 78.7 cm³/mol. The van der Waals surface area contributed by atoms with E-state index >= 15 is 0 Å². The van der Waals surface area contributed by atoms with Crippen molar-refractivity contribution in [2.75, 3.05) is 12.9 Å². The van der Waals surface area contributed by atoms with Crippen LogP contribution in [0.4, 0.5) is 4.79 Å². The lowest BCUT2D eigenvalue weighted by Crippen LogP contribution is -2.46. The van der Waals surface area contributed by atoms with Gasteiger partial charge in [0.05, 0.1) is 7.11 Å². The molecule has 9 heteroatoms. The van der Waals surface area contributed by atoms with E-state index in [1.165, 1.54) is 7.11 Å². The molecule has 0 bridgehead atoms. The largest absolute Gasteiger partial charge is 0.467 e. The molecule has 22 heavy (non-hydrogen) atoms. The van der Waals surface area contributed by atoms with Crippen molar-refractivity contribution >= 4 is 35.8 Å². The van der Waals surface area contributed by atoms with Crippen molar-refractivity contribution in [3.05, 3.63) is 0 Å². The first kappa shape index (κ1) is 18.3. The van der Waals surface area contributed by atoms with Gasteiger partial charge in [0.15, 0.2) is 0 Å². The lowest BCUT2D eigenvalue weighted by molar-refractivity contribution is -0.142. The molecule has 1 saturated heterocycles. The Kier molecular flexibility index (Phi) is 6.21. The Balaban J connectivity index is 2.61. The highest BCUT2D eigenvalue weighted by Crippen LogP contribution is 2.22. The van der Waals surface area contributed by atoms with Gasteiger partial charge in [0.2, 0.25) is 11.8 Å². The van der Waals surface area contributed by atoms with Crippen molar-refractivity contribution in [1.29, 1.82) is 0 Å². The van der Waals surface area contributed by atoms with E-state index in [2.05, 4.69) is 10.1 Å². The molecular formula is C13H20N2O6S. The highest BCUT2D eigenvalue weighted by molar-refractivity contribution is 7.98. The normalized spacial score (nSPS) is 16.5. The summed E-state index contributed by atoms with van der Waals surface area (Å²) in [5.41, 5.74) is -0.710. The molecule has 124 valence electrons. The minimum absolute atomic E-state index is 0.0105. The van der Waals surface area contributed by atoms with E-state index in [1.807, 2.05) is 0 Å². The molecule has 1 heterocycles. The summed E-state index contributed by atoms with van der Waals surface area (Å²) in [6.07, 6.45) is -0.454. The number of ether oxygens (including phenoxy) is 2. The van der Waals surface area contributed by atoms with Crippen LogP contribution in [0.1, 0.15) is 33.6 Å². The van der Waals surface area contributed by atoms with E-state index in [-0.39, 0.29) is 30.4 Å². The Labute approximate surface area is 133 Å². The number of rotatable bonds is 5. The van der Waals surface area contributed by atoms with Crippen molar-refractivity contribution in [2.45, 2.75) is 45.3 Å². The summed E-state index contributed by atoms with van der Waals surface area (Å²) in [6, 6.07) is -1.02. The fraction of sp³-hybridized carbons (Fsp3) is 0.692. The van der Waals surface area contributed by atoms with E-state index in [0.717, 1.165) is 16.3 Å². The number of nitrogens with one attached hydrogen (secondary N) is 1. The van der Waals surface area contributed by atoms with Crippen molar-refractivity contribution < 1.29 is 28.7 Å². The second-order valence-corrected chi connectivity index (χ2v) is 6.56. The highest BCUT2D eigenvalue weighted by Gasteiger charge is 2.32. The molecule has 1 N–H and O–H groups in total. The topological polar surface area (TPSA) is 102 Å². The van der Waals surface area contributed by atoms with Crippen molar-refractivity contribution in [1.82, 2.24) is 9.62 Å². The monoisotopic (exact) mass is 332 g/mol. The molecule has 3 amide bonds. The first-order valence-corrected chi connectivity index (χ1v) is 7.64. The van der Waals surface area contributed by atoms with Gasteiger partial charge in [-0.15, -0.1) is 0 Å². The van der Waals surface area contributed by atoms with Gasteiger partial charge in [-0.05, 0) is 32.7 Å². The number of alkyl carbamates (subject to hydrolysis) is 1. The average molecular weight is 332 g/mol. The first-order chi connectivity index (χ1) is 10.1. The molecule has 0 unspecified atom stereocenters. The molecule has 0 aromatic rings. The standard InChI is InChI=1S/C13H20N2O6S/c1-13(2,3)21-12(19)14-8(11(18)20-4)7-22-15-9(16)5-6-10(15)17/h8H,5-7H2,1-4H3,(H,14,19)/t8-/m0/s1. The quantitative estimate of drug-likeness (QED) is 0.452. The smallest absolute Gasteiger partial charge is 0.408 e. The third kappa shape index (κ3) is 5.55. The molecule has 8 nitrogen and oxygen atoms in total. The van der Waals surface area contributed by atoms with Crippen LogP contribution in [0.25, 0.3) is 0 Å². The predicted octanol–water partition coefficient (Wildman–Crippen LogP) is 0.850. The SMILES string of the molecule is COC(=O)[C@H](CSN1C(=O)CCC1=O)NC(=O)OC(C)(C)C. The zero-order chi connectivity index (χ0) is 16.9. The van der Waals surface area contributed by atoms with Crippen molar-refractivity contribution in [3.8, 4) is 0 Å². The van der Waals surface area contributed by atoms with Crippen LogP contribution in [0, 0.1) is 0 Å². The molecule has 1 rings (SSSR count). The Morgan fingerprint density at radius 1 is 1.27 bits per heavy atom. The number of carbonyl (C=O) groups excluding carboxylic acids is 4. The Morgan fingerprint density at radius 3 is 2.27 bits per heavy atom. The minimum atomic E-state index is -1.02. The number of hydrogen-bond acceptors (Lipinski definition) is 7. The summed E-state index contributed by atoms with van der Waals surface area (Å²) in [4.78, 5) is 46.4. The number of amides is 3. The maximum absolute atomic E-state index is 11.7. The molecule has 0 spiro atoms. The van der Waals surface area contributed by atoms with Crippen molar-refractivity contribution in [3.63, 3.8) is 0 Å². The molecule has 1 fully saturated rings. The summed E-state index contributed by atoms with van der Waals surface area (Å²) in [7, 11) is 1.18. The van der Waals surface area contributed by atoms with Gasteiger partial charge in [-0.3, -0.25) is 9.59 Å². The Bertz CT molecular complexity index is 458. The number of methoxy groups -OCH3 is 1. The van der Waals surface area contributed by atoms with Gasteiger partial charge in [-0.25, -0.2) is 13.9 Å². The van der Waals surface area contributed by atoms with Gasteiger partial charge in [-0.2, -0.15) is 0 Å². The number of nitrogens with zero attached hydrogens (tertiary/aromatic N) is 1. The first-order valence-electron chi connectivity index (χ1n) is 6.70. The third-order valence-corrected chi connectivity index (χ3v) is 3.70. The lowest BCUT2D eigenvalue weighted by atomic mass is 10.2. The van der Waals surface area contributed by atoms with Crippen LogP contribution < -0.4 is 5.32 Å². The van der Waals surface area contributed by atoms with Crippen LogP contribution >= 0.6 is 11.9 Å². The van der Waals surface area contributed by atoms with Crippen LogP contribution in [0.5, 0.6) is 0 Å². The number of carbonyl (C=O) groups is 4. The van der Waals surface area contributed by atoms with E-state index in [9.17, 15) is 19.2 Å². The maximum Gasteiger partial charge on any atom is 0.408 e. The summed E-state index contributed by atoms with van der Waals surface area (Å²) < 4.78 is 10.7. The fourth-order valence-electron chi connectivity index (χ4n) is 1.61. The maximum atomic E-state index is 11.7. The number of hydrogen-bond donors (Lipinski definition) is 1. The molecule has 1 aliphatic heterocycles. The molecule has 1 atom stereocenters. The molecule has 0 aromatic carbocycles. The van der Waals surface area contributed by atoms with Gasteiger partial charge < -0.3 is 14.8 Å². The zero-order valence-electron chi connectivity index (χ0n) is 13.0. The summed E-state index contributed by atoms with van der Waals surface area (Å²) in [6.45, 7) is 5.07. The van der Waals surface area contributed by atoms with Crippen LogP contribution in [0.2, 0.25) is 0 Å². The molecular weight excluding hydrogens is 312 g/mol. The number of imide groups is 1. The van der Waals surface area contributed by atoms with Crippen LogP contribution in [0.3, 0.4) is 0 Å². The summed E-state index contributed by atoms with van der Waals surface area (Å²) >= 11 is 0.875. The molecule has 0 saturated carbocycles. The Morgan fingerprint density at radius 2 is 1.82 bits per heavy atom. The molecule has 1 aliphatic rings. The van der Waals surface area contributed by atoms with Crippen molar-refractivity contribution in [2.24, 2.45) is 0 Å². The highest BCUT2D eigenvalue weighted by atomic mass is 32.2. The van der Waals surface area contributed by atoms with E-state index < -0.39 is 23.7 Å². The summed E-state index contributed by atoms with van der Waals surface area (Å²) in [5, 5.41) is 2.37. The average Bonchev–Trinajstić information content (AvgIpc) is 2.71. The Hall–Kier alpha value is -1.77. The summed E-state index contributed by atoms with van der Waals surface area (Å²) in [5.74, 6) is -1.31. The van der Waals surface area contributed by atoms with Crippen LogP contribution in [0.15, 0.2) is 0 Å². The third-order valence-electron chi connectivity index (χ3n) is 2.55. The number of esters is 1. The van der Waals surface area contributed by atoms with E-state index in [1.54, 1.807) is 20.8 Å². The van der Waals surface area contributed by atoms with E-state index in [0.29, 0.717) is 0 Å². The van der Waals surface area contributed by atoms with Crippen LogP contribution in [-0.4, -0.2) is 52.7 Å². The van der Waals surface area contributed by atoms with Gasteiger partial charge in [0.25, 0.3) is 0 Å². The molecule has 0 aliphatic carbocycles. The zero-order valence-corrected chi connectivity index (χ0v) is 13.8. The van der Waals surface area contributed by atoms with E-state index in [4.69, 9.17) is 4.74 Å².